The highest BCUT2D eigenvalue weighted by molar-refractivity contribution is 5.71. The summed E-state index contributed by atoms with van der Waals surface area (Å²) in [7, 11) is 0. The Kier molecular flexibility index (Phi) is 18.6. The maximum Gasteiger partial charge on any atom is 0.230 e. The molecule has 0 spiro atoms. The molecule has 16 aromatic rings. The van der Waals surface area contributed by atoms with Crippen LogP contribution in [0.25, 0.3) is 67.8 Å². The highest BCUT2D eigenvalue weighted by atomic mass is 16.7. The fourth-order valence-corrected chi connectivity index (χ4v) is 16.6. The summed E-state index contributed by atoms with van der Waals surface area (Å²) in [6.45, 7) is 7.89. The van der Waals surface area contributed by atoms with Crippen LogP contribution in [0.5, 0.6) is 69.0 Å². The average Bonchev–Trinajstić information content (AvgIpc) is 1.07. The molecule has 12 aromatic carbocycles. The molecular weight excluding hydrogens is 1510 g/mol. The Balaban J connectivity index is 0.707. The van der Waals surface area contributed by atoms with Gasteiger partial charge in [0.1, 0.15) is 118 Å². The SMILES string of the molecule is CC1c2cc3c4c(COc5ccc(-c6cn(-c7ccccc7)nn6)cc5)c2OCOc2c1cc1c(c2COc2ccc(-c5cn(-c6ccccc6)nn5)cc2)OCOc2c(cc5c(c2COc2ccc(-c6cn(-c7ccccc7)nn6)cc2)OCOc2c(cc(c(c2COc2ccc(-c6cn(-c7ccccc7)nn6)cc2)OCO4)C3C)C5C)C1C. The van der Waals surface area contributed by atoms with Crippen molar-refractivity contribution in [3.63, 3.8) is 0 Å². The molecule has 1 aliphatic carbocycles. The van der Waals surface area contributed by atoms with Crippen molar-refractivity contribution in [3.05, 3.63) is 334 Å². The van der Waals surface area contributed by atoms with Gasteiger partial charge in [0, 0.05) is 90.4 Å². The molecule has 0 amide bonds. The van der Waals surface area contributed by atoms with Crippen molar-refractivity contribution in [2.75, 3.05) is 27.2 Å². The van der Waals surface area contributed by atoms with Crippen molar-refractivity contribution in [2.24, 2.45) is 0 Å². The molecule has 0 saturated heterocycles. The van der Waals surface area contributed by atoms with Gasteiger partial charge in [-0.25, -0.2) is 18.7 Å². The molecule has 24 nitrogen and oxygen atoms in total. The predicted octanol–water partition coefficient (Wildman–Crippen LogP) is 18.8. The zero-order valence-corrected chi connectivity index (χ0v) is 65.6. The molecule has 5 aliphatic rings. The number of ether oxygens (including phenoxy) is 12. The third kappa shape index (κ3) is 13.5. The maximum atomic E-state index is 7.11. The van der Waals surface area contributed by atoms with Gasteiger partial charge >= 0.3 is 0 Å². The largest absolute Gasteiger partial charge is 0.489 e. The zero-order chi connectivity index (χ0) is 80.3. The Morgan fingerprint density at radius 1 is 0.250 bits per heavy atom. The second-order valence-electron chi connectivity index (χ2n) is 30.1. The summed E-state index contributed by atoms with van der Waals surface area (Å²) >= 11 is 0. The van der Waals surface area contributed by atoms with E-state index >= 15 is 0 Å². The van der Waals surface area contributed by atoms with Gasteiger partial charge in [0.25, 0.3) is 0 Å². The Bertz CT molecular complexity index is 5600. The van der Waals surface area contributed by atoms with E-state index in [1.54, 1.807) is 18.7 Å². The van der Waals surface area contributed by atoms with Crippen LogP contribution in [0.4, 0.5) is 0 Å². The summed E-state index contributed by atoms with van der Waals surface area (Å²) in [5, 5.41) is 35.9. The molecule has 0 fully saturated rings. The van der Waals surface area contributed by atoms with E-state index in [4.69, 9.17) is 56.8 Å². The molecule has 8 bridgehead atoms. The second-order valence-corrected chi connectivity index (χ2v) is 30.1. The molecule has 8 heterocycles. The predicted molar refractivity (Wildman–Crippen MR) is 445 cm³/mol. The Hall–Kier alpha value is -15.2. The van der Waals surface area contributed by atoms with Crippen LogP contribution in [0.3, 0.4) is 0 Å². The lowest BCUT2D eigenvalue weighted by Gasteiger charge is -2.36. The van der Waals surface area contributed by atoms with Crippen LogP contribution in [0.2, 0.25) is 0 Å². The quantitative estimate of drug-likeness (QED) is 0.0690. The molecule has 592 valence electrons. The summed E-state index contributed by atoms with van der Waals surface area (Å²) in [4.78, 5) is 0. The molecule has 0 radical (unpaired) electrons. The maximum absolute atomic E-state index is 7.11. The van der Waals surface area contributed by atoms with Crippen molar-refractivity contribution in [3.8, 4) is 137 Å². The Labute approximate surface area is 689 Å². The summed E-state index contributed by atoms with van der Waals surface area (Å²) in [5.74, 6) is 4.92. The summed E-state index contributed by atoms with van der Waals surface area (Å²) in [5.41, 5.74) is 19.4. The van der Waals surface area contributed by atoms with Crippen LogP contribution in [0.1, 0.15) is 118 Å². The molecule has 4 aromatic heterocycles. The van der Waals surface area contributed by atoms with E-state index in [-0.39, 0.29) is 53.6 Å². The van der Waals surface area contributed by atoms with Crippen molar-refractivity contribution >= 4 is 0 Å². The Morgan fingerprint density at radius 2 is 0.433 bits per heavy atom. The minimum atomic E-state index is -0.453. The third-order valence-corrected chi connectivity index (χ3v) is 23.1. The van der Waals surface area contributed by atoms with Crippen LogP contribution >= 0.6 is 0 Å². The average molecular weight is 1590 g/mol. The number of aromatic nitrogens is 12. The van der Waals surface area contributed by atoms with E-state index in [9.17, 15) is 0 Å². The lowest BCUT2D eigenvalue weighted by atomic mass is 9.78. The molecule has 0 saturated carbocycles. The van der Waals surface area contributed by atoms with E-state index < -0.39 is 23.7 Å². The first kappa shape index (κ1) is 72.5. The number of hydrogen-bond donors (Lipinski definition) is 0. The monoisotopic (exact) mass is 1590 g/mol. The normalized spacial score (nSPS) is 15.7. The third-order valence-electron chi connectivity index (χ3n) is 23.1. The first-order valence-corrected chi connectivity index (χ1v) is 39.8. The van der Waals surface area contributed by atoms with Gasteiger partial charge in [0.2, 0.25) is 27.2 Å². The van der Waals surface area contributed by atoms with Crippen LogP contribution < -0.4 is 56.8 Å². The second kappa shape index (κ2) is 30.8. The molecule has 0 unspecified atom stereocenters. The number of benzene rings is 12. The molecule has 4 aliphatic heterocycles. The van der Waals surface area contributed by atoms with E-state index in [2.05, 4.69) is 93.2 Å². The van der Waals surface area contributed by atoms with Crippen LogP contribution in [-0.2, 0) is 26.4 Å². The number of rotatable bonds is 20. The van der Waals surface area contributed by atoms with Crippen LogP contribution in [-0.4, -0.2) is 87.1 Å². The lowest BCUT2D eigenvalue weighted by Crippen LogP contribution is -2.25. The topological polar surface area (TPSA) is 234 Å². The molecule has 120 heavy (non-hydrogen) atoms. The highest BCUT2D eigenvalue weighted by Crippen LogP contribution is 2.57. The summed E-state index contributed by atoms with van der Waals surface area (Å²) in [6.07, 6.45) is 7.65. The molecule has 0 atom stereocenters. The van der Waals surface area contributed by atoms with Gasteiger partial charge in [-0.2, -0.15) is 0 Å². The number of nitrogens with zero attached hydrogens (tertiary/aromatic N) is 12. The molecule has 24 heteroatoms. The number of para-hydroxylation sites is 4. The minimum Gasteiger partial charge on any atom is -0.489 e. The van der Waals surface area contributed by atoms with E-state index in [0.717, 1.165) is 89.5 Å². The van der Waals surface area contributed by atoms with Crippen molar-refractivity contribution < 1.29 is 56.8 Å². The smallest absolute Gasteiger partial charge is 0.230 e. The fourth-order valence-electron chi connectivity index (χ4n) is 16.6. The van der Waals surface area contributed by atoms with Crippen LogP contribution in [0.15, 0.2) is 267 Å². The zero-order valence-electron chi connectivity index (χ0n) is 65.6. The van der Waals surface area contributed by atoms with Crippen molar-refractivity contribution in [2.45, 2.75) is 77.8 Å². The van der Waals surface area contributed by atoms with Gasteiger partial charge in [0.05, 0.1) is 69.8 Å². The van der Waals surface area contributed by atoms with Gasteiger partial charge in [0.15, 0.2) is 0 Å². The van der Waals surface area contributed by atoms with E-state index in [1.165, 1.54) is 0 Å². The Morgan fingerprint density at radius 3 is 0.617 bits per heavy atom. The fraction of sp³-hybridized carbons (Fsp3) is 0.167. The first-order valence-electron chi connectivity index (χ1n) is 39.8. The lowest BCUT2D eigenvalue weighted by molar-refractivity contribution is 0.0902. The van der Waals surface area contributed by atoms with Gasteiger partial charge in [-0.05, 0) is 170 Å². The van der Waals surface area contributed by atoms with E-state index in [0.29, 0.717) is 114 Å². The first-order chi connectivity index (χ1) is 59.1. The van der Waals surface area contributed by atoms with Gasteiger partial charge in [-0.1, -0.05) is 121 Å². The highest BCUT2D eigenvalue weighted by Gasteiger charge is 2.40. The minimum absolute atomic E-state index is 0.0155. The number of hydrogen-bond acceptors (Lipinski definition) is 20. The molecule has 21 rings (SSSR count). The van der Waals surface area contributed by atoms with Crippen molar-refractivity contribution in [1.82, 2.24) is 60.0 Å². The standard InChI is InChI=1S/C96H76N12O12/c1-57-73-41-75-58(2)77-43-79-60(4)80-44-78-59(3)76-42-74(57)90-82(50-110-70-35-27-62(28-36-70)86-46-106(102-98-86)66-19-11-6-12-20-66)92(76)116-55-118-94(78)84(52-112-72-39-31-64(32-40-72)88-48-108(104-100-88)68-23-15-8-16-24-68)96(80)120-56-119-95(79)83(51-111-71-37-29-63(30-38-71)87-47-107(103-99-87)67-21-13-7-14-22-67)93(77)117-54-115-91(75)81(89(73)113-53-114-90)49-109-69-33-25-61(26-34-69)85-45-105(101-97-85)65-17-9-5-10-18-65/h5-48,57-60H,49-56H2,1-4H3. The van der Waals surface area contributed by atoms with E-state index in [1.807, 2.05) is 243 Å². The van der Waals surface area contributed by atoms with Crippen LogP contribution in [0, 0.1) is 0 Å². The van der Waals surface area contributed by atoms with Gasteiger partial charge < -0.3 is 56.8 Å². The van der Waals surface area contributed by atoms with Gasteiger partial charge in [-0.15, -0.1) is 20.4 Å². The molecular formula is C96H76N12O12. The molecule has 0 N–H and O–H groups in total. The van der Waals surface area contributed by atoms with Gasteiger partial charge in [-0.3, -0.25) is 0 Å². The summed E-state index contributed by atoms with van der Waals surface area (Å²) in [6, 6.07) is 79.8. The van der Waals surface area contributed by atoms with Crippen molar-refractivity contribution in [1.29, 1.82) is 0 Å². The summed E-state index contributed by atoms with van der Waals surface area (Å²) < 4.78 is 91.7.